The van der Waals surface area contributed by atoms with Crippen molar-refractivity contribution >= 4 is 29.0 Å². The topological polar surface area (TPSA) is 111 Å². The summed E-state index contributed by atoms with van der Waals surface area (Å²) in [5, 5.41) is 7.99. The van der Waals surface area contributed by atoms with Crippen molar-refractivity contribution in [3.05, 3.63) is 76.2 Å². The molecule has 0 aliphatic carbocycles. The van der Waals surface area contributed by atoms with Gasteiger partial charge in [0.05, 0.1) is 0 Å². The molecule has 3 amide bonds. The lowest BCUT2D eigenvalue weighted by Gasteiger charge is -2.19. The number of aryl methyl sites for hydroxylation is 2. The van der Waals surface area contributed by atoms with Crippen molar-refractivity contribution in [2.75, 3.05) is 29.2 Å². The van der Waals surface area contributed by atoms with Gasteiger partial charge in [-0.1, -0.05) is 17.7 Å². The number of amides is 3. The number of carbonyl (C=O) groups excluding carboxylic acids is 2. The Morgan fingerprint density at radius 3 is 2.30 bits per heavy atom. The lowest BCUT2D eigenvalue weighted by atomic mass is 10.2. The van der Waals surface area contributed by atoms with E-state index in [9.17, 15) is 14.4 Å². The monoisotopic (exact) mass is 448 g/mol. The van der Waals surface area contributed by atoms with Crippen LogP contribution in [0.15, 0.2) is 59.4 Å². The number of aromatic nitrogens is 1. The van der Waals surface area contributed by atoms with E-state index in [1.54, 1.807) is 43.3 Å². The van der Waals surface area contributed by atoms with Crippen molar-refractivity contribution in [2.45, 2.75) is 20.4 Å². The molecule has 9 heteroatoms. The van der Waals surface area contributed by atoms with Gasteiger partial charge < -0.3 is 30.0 Å². The maximum Gasteiger partial charge on any atom is 0.323 e. The van der Waals surface area contributed by atoms with Crippen LogP contribution < -0.4 is 31.0 Å². The standard InChI is InChI=1S/C24H24N4O5/c1-15-3-6-17(7-4-15)26-24(31)27-19-9-5-16(2)28(23(19)30)14-22(29)25-18-8-10-20-21(13-18)33-12-11-32-20/h3-10,13H,11-12,14H2,1-2H3,(H,25,29)(H2,26,27,31). The SMILES string of the molecule is Cc1ccc(NC(=O)Nc2ccc(C)n(CC(=O)Nc3ccc4c(c3)OCCO4)c2=O)cc1. The van der Waals surface area contributed by atoms with E-state index in [-0.39, 0.29) is 12.2 Å². The Kier molecular flexibility index (Phi) is 6.30. The fourth-order valence-electron chi connectivity index (χ4n) is 3.35. The first-order chi connectivity index (χ1) is 15.9. The Balaban J connectivity index is 1.44. The van der Waals surface area contributed by atoms with E-state index in [1.165, 1.54) is 10.6 Å². The van der Waals surface area contributed by atoms with E-state index in [0.29, 0.717) is 41.8 Å². The zero-order chi connectivity index (χ0) is 23.4. The number of nitrogens with zero attached hydrogens (tertiary/aromatic N) is 1. The van der Waals surface area contributed by atoms with Crippen LogP contribution in [0, 0.1) is 13.8 Å². The average Bonchev–Trinajstić information content (AvgIpc) is 2.80. The van der Waals surface area contributed by atoms with Gasteiger partial charge in [0.15, 0.2) is 11.5 Å². The summed E-state index contributed by atoms with van der Waals surface area (Å²) >= 11 is 0. The molecule has 1 aromatic heterocycles. The Morgan fingerprint density at radius 1 is 0.848 bits per heavy atom. The van der Waals surface area contributed by atoms with Crippen LogP contribution in [0.25, 0.3) is 0 Å². The molecule has 4 rings (SSSR count). The van der Waals surface area contributed by atoms with Crippen molar-refractivity contribution in [2.24, 2.45) is 0 Å². The van der Waals surface area contributed by atoms with Crippen molar-refractivity contribution in [3.8, 4) is 11.5 Å². The molecule has 3 aromatic rings. The number of hydrogen-bond donors (Lipinski definition) is 3. The summed E-state index contributed by atoms with van der Waals surface area (Å²) in [5.41, 5.74) is 2.37. The first kappa shape index (κ1) is 21.9. The Labute approximate surface area is 190 Å². The summed E-state index contributed by atoms with van der Waals surface area (Å²) in [7, 11) is 0. The molecule has 0 saturated carbocycles. The third kappa shape index (κ3) is 5.32. The summed E-state index contributed by atoms with van der Waals surface area (Å²) < 4.78 is 12.3. The average molecular weight is 448 g/mol. The number of hydrogen-bond acceptors (Lipinski definition) is 5. The molecule has 2 aromatic carbocycles. The van der Waals surface area contributed by atoms with Gasteiger partial charge in [0.2, 0.25) is 5.91 Å². The second kappa shape index (κ2) is 9.47. The molecule has 170 valence electrons. The number of nitrogens with one attached hydrogen (secondary N) is 3. The third-order valence-electron chi connectivity index (χ3n) is 5.08. The zero-order valence-electron chi connectivity index (χ0n) is 18.3. The molecular formula is C24H24N4O5. The fraction of sp³-hybridized carbons (Fsp3) is 0.208. The van der Waals surface area contributed by atoms with E-state index < -0.39 is 17.5 Å². The minimum atomic E-state index is -0.549. The number of benzene rings is 2. The van der Waals surface area contributed by atoms with E-state index >= 15 is 0 Å². The van der Waals surface area contributed by atoms with E-state index in [0.717, 1.165) is 5.56 Å². The van der Waals surface area contributed by atoms with Gasteiger partial charge in [-0.15, -0.1) is 0 Å². The molecule has 9 nitrogen and oxygen atoms in total. The van der Waals surface area contributed by atoms with Crippen molar-refractivity contribution < 1.29 is 19.1 Å². The first-order valence-electron chi connectivity index (χ1n) is 10.4. The second-order valence-corrected chi connectivity index (χ2v) is 7.63. The third-order valence-corrected chi connectivity index (χ3v) is 5.08. The molecule has 1 aliphatic rings. The molecule has 0 bridgehead atoms. The lowest BCUT2D eigenvalue weighted by Crippen LogP contribution is -2.32. The van der Waals surface area contributed by atoms with Crippen molar-refractivity contribution in [3.63, 3.8) is 0 Å². The largest absolute Gasteiger partial charge is 0.486 e. The maximum absolute atomic E-state index is 12.9. The number of urea groups is 1. The molecule has 0 atom stereocenters. The van der Waals surface area contributed by atoms with Gasteiger partial charge in [-0.25, -0.2) is 4.79 Å². The molecule has 2 heterocycles. The van der Waals surface area contributed by atoms with Crippen LogP contribution in [0.3, 0.4) is 0 Å². The quantitative estimate of drug-likeness (QED) is 0.553. The second-order valence-electron chi connectivity index (χ2n) is 7.63. The molecule has 0 radical (unpaired) electrons. The molecule has 33 heavy (non-hydrogen) atoms. The summed E-state index contributed by atoms with van der Waals surface area (Å²) in [4.78, 5) is 37.8. The smallest absolute Gasteiger partial charge is 0.323 e. The normalized spacial score (nSPS) is 12.1. The van der Waals surface area contributed by atoms with Crippen LogP contribution in [-0.4, -0.2) is 29.7 Å². The first-order valence-corrected chi connectivity index (χ1v) is 10.4. The number of anilines is 3. The molecule has 0 fully saturated rings. The van der Waals surface area contributed by atoms with E-state index in [4.69, 9.17) is 9.47 Å². The number of rotatable bonds is 5. The highest BCUT2D eigenvalue weighted by atomic mass is 16.6. The molecule has 0 unspecified atom stereocenters. The van der Waals surface area contributed by atoms with Crippen LogP contribution in [0.1, 0.15) is 11.3 Å². The number of ether oxygens (including phenoxy) is 2. The predicted molar refractivity (Wildman–Crippen MR) is 125 cm³/mol. The number of fused-ring (bicyclic) bond motifs is 1. The number of pyridine rings is 1. The van der Waals surface area contributed by atoms with Crippen molar-refractivity contribution in [1.82, 2.24) is 4.57 Å². The van der Waals surface area contributed by atoms with Crippen LogP contribution in [0.2, 0.25) is 0 Å². The summed E-state index contributed by atoms with van der Waals surface area (Å²) in [6, 6.07) is 15.0. The van der Waals surface area contributed by atoms with Gasteiger partial charge >= 0.3 is 6.03 Å². The summed E-state index contributed by atoms with van der Waals surface area (Å²) in [5.74, 6) is 0.783. The summed E-state index contributed by atoms with van der Waals surface area (Å²) in [6.07, 6.45) is 0. The summed E-state index contributed by atoms with van der Waals surface area (Å²) in [6.45, 7) is 4.37. The van der Waals surface area contributed by atoms with Gasteiger partial charge in [-0.3, -0.25) is 9.59 Å². The predicted octanol–water partition coefficient (Wildman–Crippen LogP) is 3.52. The maximum atomic E-state index is 12.9. The van der Waals surface area contributed by atoms with Gasteiger partial charge in [0.1, 0.15) is 25.4 Å². The Hall–Kier alpha value is -4.27. The zero-order valence-corrected chi connectivity index (χ0v) is 18.3. The highest BCUT2D eigenvalue weighted by molar-refractivity contribution is 5.99. The highest BCUT2D eigenvalue weighted by Crippen LogP contribution is 2.32. The molecular weight excluding hydrogens is 424 g/mol. The molecule has 0 spiro atoms. The van der Waals surface area contributed by atoms with E-state index in [2.05, 4.69) is 16.0 Å². The lowest BCUT2D eigenvalue weighted by molar-refractivity contribution is -0.116. The molecule has 3 N–H and O–H groups in total. The van der Waals surface area contributed by atoms with Crippen LogP contribution in [0.4, 0.5) is 21.9 Å². The van der Waals surface area contributed by atoms with Crippen LogP contribution in [-0.2, 0) is 11.3 Å². The minimum absolute atomic E-state index is 0.0670. The highest BCUT2D eigenvalue weighted by Gasteiger charge is 2.15. The van der Waals surface area contributed by atoms with Gasteiger partial charge in [0.25, 0.3) is 5.56 Å². The fourth-order valence-corrected chi connectivity index (χ4v) is 3.35. The number of carbonyl (C=O) groups is 2. The van der Waals surface area contributed by atoms with Crippen LogP contribution in [0.5, 0.6) is 11.5 Å². The van der Waals surface area contributed by atoms with Gasteiger partial charge in [-0.05, 0) is 50.2 Å². The molecule has 1 aliphatic heterocycles. The van der Waals surface area contributed by atoms with Gasteiger partial charge in [0, 0.05) is 23.1 Å². The minimum Gasteiger partial charge on any atom is -0.486 e. The Bertz CT molecular complexity index is 1250. The van der Waals surface area contributed by atoms with Crippen molar-refractivity contribution in [1.29, 1.82) is 0 Å². The molecule has 0 saturated heterocycles. The van der Waals surface area contributed by atoms with Crippen LogP contribution >= 0.6 is 0 Å². The Morgan fingerprint density at radius 2 is 1.55 bits per heavy atom. The van der Waals surface area contributed by atoms with Gasteiger partial charge in [-0.2, -0.15) is 0 Å². The van der Waals surface area contributed by atoms with E-state index in [1.807, 2.05) is 19.1 Å².